The molecule has 3 aromatic rings. The first-order valence-corrected chi connectivity index (χ1v) is 7.18. The Labute approximate surface area is 131 Å². The Morgan fingerprint density at radius 2 is 2.05 bits per heavy atom. The number of hydrogen-bond acceptors (Lipinski definition) is 4. The second kappa shape index (κ2) is 5.34. The van der Waals surface area contributed by atoms with Gasteiger partial charge in [0.05, 0.1) is 22.8 Å². The molecule has 0 atom stereocenters. The monoisotopic (exact) mass is 313 g/mol. The van der Waals surface area contributed by atoms with E-state index < -0.39 is 0 Å². The van der Waals surface area contributed by atoms with Crippen LogP contribution in [0.15, 0.2) is 34.2 Å². The van der Waals surface area contributed by atoms with Gasteiger partial charge in [-0.1, -0.05) is 12.1 Å². The van der Waals surface area contributed by atoms with Crippen LogP contribution in [0.2, 0.25) is 0 Å². The average Bonchev–Trinajstić information content (AvgIpc) is 2.73. The first-order chi connectivity index (χ1) is 10.5. The minimum atomic E-state index is -0.241. The lowest BCUT2D eigenvalue weighted by Crippen LogP contribution is -2.18. The van der Waals surface area contributed by atoms with E-state index in [0.29, 0.717) is 10.9 Å². The molecule has 0 saturated heterocycles. The number of aromatic amines is 1. The summed E-state index contributed by atoms with van der Waals surface area (Å²) >= 11 is 5.23. The third-order valence-corrected chi connectivity index (χ3v) is 3.93. The molecule has 0 aliphatic rings. The maximum atomic E-state index is 12.5. The fraction of sp³-hybridized carbons (Fsp3) is 0.200. The van der Waals surface area contributed by atoms with Gasteiger partial charge in [0.25, 0.3) is 5.56 Å². The molecule has 0 spiro atoms. The standard InChI is InChI=1S/C15H15N5OS/c1-9-12(10(2)19(3)18-9)8-16-20-14(21)11-6-4-5-7-13(11)17-15(20)22/h4-8H,1-3H3,(H,17,22)/b16-8-. The summed E-state index contributed by atoms with van der Waals surface area (Å²) in [5.74, 6) is 0. The van der Waals surface area contributed by atoms with Crippen molar-refractivity contribution in [2.75, 3.05) is 0 Å². The van der Waals surface area contributed by atoms with Crippen LogP contribution in [0, 0.1) is 18.6 Å². The molecule has 0 amide bonds. The van der Waals surface area contributed by atoms with Crippen LogP contribution in [-0.4, -0.2) is 25.7 Å². The lowest BCUT2D eigenvalue weighted by Gasteiger charge is -2.02. The zero-order chi connectivity index (χ0) is 15.9. The van der Waals surface area contributed by atoms with Crippen LogP contribution in [0.5, 0.6) is 0 Å². The molecule has 2 aromatic heterocycles. The summed E-state index contributed by atoms with van der Waals surface area (Å²) in [7, 11) is 1.87. The predicted molar refractivity (Wildman–Crippen MR) is 89.1 cm³/mol. The number of H-pyrrole nitrogens is 1. The van der Waals surface area contributed by atoms with Crippen molar-refractivity contribution in [3.05, 3.63) is 56.3 Å². The van der Waals surface area contributed by atoms with Crippen LogP contribution in [0.3, 0.4) is 0 Å². The summed E-state index contributed by atoms with van der Waals surface area (Å²) in [5, 5.41) is 9.12. The van der Waals surface area contributed by atoms with E-state index in [2.05, 4.69) is 15.2 Å². The van der Waals surface area contributed by atoms with Crippen LogP contribution >= 0.6 is 12.2 Å². The fourth-order valence-corrected chi connectivity index (χ4v) is 2.59. The van der Waals surface area contributed by atoms with Crippen molar-refractivity contribution in [3.8, 4) is 0 Å². The number of aromatic nitrogens is 4. The predicted octanol–water partition coefficient (Wildman–Crippen LogP) is 2.29. The quantitative estimate of drug-likeness (QED) is 0.583. The number of rotatable bonds is 2. The maximum Gasteiger partial charge on any atom is 0.282 e. The van der Waals surface area contributed by atoms with Crippen molar-refractivity contribution in [2.24, 2.45) is 12.1 Å². The minimum Gasteiger partial charge on any atom is -0.330 e. The Morgan fingerprint density at radius 3 is 2.73 bits per heavy atom. The Bertz CT molecular complexity index is 1010. The van der Waals surface area contributed by atoms with Crippen molar-refractivity contribution in [2.45, 2.75) is 13.8 Å². The SMILES string of the molecule is Cc1nn(C)c(C)c1/C=N\n1c(=S)[nH]c2ccccc2c1=O. The second-order valence-corrected chi connectivity index (χ2v) is 5.43. The molecule has 0 unspecified atom stereocenters. The summed E-state index contributed by atoms with van der Waals surface area (Å²) in [4.78, 5) is 15.5. The highest BCUT2D eigenvalue weighted by atomic mass is 32.1. The van der Waals surface area contributed by atoms with Gasteiger partial charge in [0.2, 0.25) is 4.77 Å². The normalized spacial score (nSPS) is 11.6. The molecule has 1 N–H and O–H groups in total. The van der Waals surface area contributed by atoms with E-state index in [4.69, 9.17) is 12.2 Å². The van der Waals surface area contributed by atoms with Crippen molar-refractivity contribution in [3.63, 3.8) is 0 Å². The third kappa shape index (κ3) is 2.29. The average molecular weight is 313 g/mol. The molecule has 0 aliphatic carbocycles. The van der Waals surface area contributed by atoms with Gasteiger partial charge in [-0.25, -0.2) is 0 Å². The van der Waals surface area contributed by atoms with E-state index in [1.807, 2.05) is 39.1 Å². The van der Waals surface area contributed by atoms with Gasteiger partial charge in [-0.05, 0) is 38.2 Å². The summed E-state index contributed by atoms with van der Waals surface area (Å²) in [5.41, 5.74) is 3.18. The molecular weight excluding hydrogens is 298 g/mol. The Hall–Kier alpha value is -2.54. The van der Waals surface area contributed by atoms with E-state index in [1.54, 1.807) is 17.0 Å². The van der Waals surface area contributed by atoms with Crippen LogP contribution in [0.1, 0.15) is 17.0 Å². The molecule has 0 aliphatic heterocycles. The molecule has 0 radical (unpaired) electrons. The van der Waals surface area contributed by atoms with Gasteiger partial charge in [0, 0.05) is 18.3 Å². The largest absolute Gasteiger partial charge is 0.330 e. The number of nitrogens with zero attached hydrogens (tertiary/aromatic N) is 4. The molecule has 7 heteroatoms. The van der Waals surface area contributed by atoms with Crippen LogP contribution in [0.25, 0.3) is 10.9 Å². The minimum absolute atomic E-state index is 0.241. The molecule has 22 heavy (non-hydrogen) atoms. The number of para-hydroxylation sites is 1. The van der Waals surface area contributed by atoms with Gasteiger partial charge < -0.3 is 4.98 Å². The molecular formula is C15H15N5OS. The van der Waals surface area contributed by atoms with Crippen molar-refractivity contribution < 1.29 is 0 Å². The van der Waals surface area contributed by atoms with Gasteiger partial charge in [0.15, 0.2) is 0 Å². The highest BCUT2D eigenvalue weighted by Crippen LogP contribution is 2.09. The lowest BCUT2D eigenvalue weighted by atomic mass is 10.2. The number of benzene rings is 1. The third-order valence-electron chi connectivity index (χ3n) is 3.65. The number of hydrogen-bond donors (Lipinski definition) is 1. The van der Waals surface area contributed by atoms with Gasteiger partial charge in [-0.3, -0.25) is 9.48 Å². The van der Waals surface area contributed by atoms with Crippen molar-refractivity contribution in [1.29, 1.82) is 0 Å². The smallest absolute Gasteiger partial charge is 0.282 e. The van der Waals surface area contributed by atoms with E-state index >= 15 is 0 Å². The van der Waals surface area contributed by atoms with Gasteiger partial charge in [0.1, 0.15) is 0 Å². The zero-order valence-electron chi connectivity index (χ0n) is 12.5. The topological polar surface area (TPSA) is 68.0 Å². The summed E-state index contributed by atoms with van der Waals surface area (Å²) < 4.78 is 3.24. The van der Waals surface area contributed by atoms with E-state index in [1.165, 1.54) is 4.68 Å². The summed E-state index contributed by atoms with van der Waals surface area (Å²) in [6.45, 7) is 3.85. The maximum absolute atomic E-state index is 12.5. The highest BCUT2D eigenvalue weighted by molar-refractivity contribution is 7.71. The zero-order valence-corrected chi connectivity index (χ0v) is 13.3. The molecule has 0 saturated carbocycles. The van der Waals surface area contributed by atoms with Crippen LogP contribution in [-0.2, 0) is 7.05 Å². The fourth-order valence-electron chi connectivity index (χ4n) is 2.35. The number of fused-ring (bicyclic) bond motifs is 1. The van der Waals surface area contributed by atoms with Crippen molar-refractivity contribution in [1.82, 2.24) is 19.4 Å². The molecule has 0 fully saturated rings. The number of aryl methyl sites for hydroxylation is 2. The molecule has 3 rings (SSSR count). The number of nitrogens with one attached hydrogen (secondary N) is 1. The highest BCUT2D eigenvalue weighted by Gasteiger charge is 2.08. The first kappa shape index (κ1) is 14.4. The lowest BCUT2D eigenvalue weighted by molar-refractivity contribution is 0.731. The Morgan fingerprint density at radius 1 is 1.32 bits per heavy atom. The van der Waals surface area contributed by atoms with Gasteiger partial charge in [-0.15, -0.1) is 0 Å². The van der Waals surface area contributed by atoms with E-state index in [0.717, 1.165) is 17.0 Å². The van der Waals surface area contributed by atoms with Gasteiger partial charge >= 0.3 is 0 Å². The first-order valence-electron chi connectivity index (χ1n) is 6.77. The van der Waals surface area contributed by atoms with Crippen molar-refractivity contribution >= 4 is 29.3 Å². The molecule has 112 valence electrons. The summed E-state index contributed by atoms with van der Waals surface area (Å²) in [6, 6.07) is 7.22. The molecule has 0 bridgehead atoms. The van der Waals surface area contributed by atoms with Crippen LogP contribution in [0.4, 0.5) is 0 Å². The van der Waals surface area contributed by atoms with Gasteiger partial charge in [-0.2, -0.15) is 14.9 Å². The van der Waals surface area contributed by atoms with E-state index in [-0.39, 0.29) is 10.3 Å². The molecule has 2 heterocycles. The molecule has 1 aromatic carbocycles. The molecule has 6 nitrogen and oxygen atoms in total. The van der Waals surface area contributed by atoms with Crippen LogP contribution < -0.4 is 5.56 Å². The van der Waals surface area contributed by atoms with E-state index in [9.17, 15) is 4.79 Å². The summed E-state index contributed by atoms with van der Waals surface area (Å²) in [6.07, 6.45) is 1.62. The second-order valence-electron chi connectivity index (χ2n) is 5.05. The Balaban J connectivity index is 2.17. The Kier molecular flexibility index (Phi) is 3.50.